The SMILES string of the molecule is COc1ccc(CNC(=O)CC(=O)NCc2cccnc2)cc1. The lowest BCUT2D eigenvalue weighted by atomic mass is 10.2. The molecule has 6 heteroatoms. The molecule has 0 bridgehead atoms. The van der Waals surface area contributed by atoms with Crippen LogP contribution in [-0.4, -0.2) is 23.9 Å². The van der Waals surface area contributed by atoms with Crippen LogP contribution in [0, 0.1) is 0 Å². The van der Waals surface area contributed by atoms with E-state index in [0.717, 1.165) is 16.9 Å². The summed E-state index contributed by atoms with van der Waals surface area (Å²) in [4.78, 5) is 27.4. The van der Waals surface area contributed by atoms with E-state index in [-0.39, 0.29) is 18.2 Å². The van der Waals surface area contributed by atoms with Gasteiger partial charge in [-0.25, -0.2) is 0 Å². The van der Waals surface area contributed by atoms with E-state index >= 15 is 0 Å². The molecule has 0 aliphatic heterocycles. The molecule has 2 N–H and O–H groups in total. The maximum absolute atomic E-state index is 11.8. The lowest BCUT2D eigenvalue weighted by Crippen LogP contribution is -2.31. The summed E-state index contributed by atoms with van der Waals surface area (Å²) in [5, 5.41) is 5.40. The maximum Gasteiger partial charge on any atom is 0.229 e. The fraction of sp³-hybridized carbons (Fsp3) is 0.235. The molecule has 0 spiro atoms. The monoisotopic (exact) mass is 313 g/mol. The van der Waals surface area contributed by atoms with Gasteiger partial charge in [-0.15, -0.1) is 0 Å². The molecule has 0 unspecified atom stereocenters. The Morgan fingerprint density at radius 1 is 1.00 bits per heavy atom. The van der Waals surface area contributed by atoms with Gasteiger partial charge in [0.05, 0.1) is 7.11 Å². The van der Waals surface area contributed by atoms with Gasteiger partial charge in [-0.05, 0) is 29.3 Å². The number of carbonyl (C=O) groups is 2. The Kier molecular flexibility index (Phi) is 6.11. The summed E-state index contributed by atoms with van der Waals surface area (Å²) >= 11 is 0. The number of aromatic nitrogens is 1. The van der Waals surface area contributed by atoms with E-state index in [1.807, 2.05) is 30.3 Å². The zero-order valence-corrected chi connectivity index (χ0v) is 12.9. The van der Waals surface area contributed by atoms with Crippen molar-refractivity contribution in [2.24, 2.45) is 0 Å². The van der Waals surface area contributed by atoms with E-state index < -0.39 is 0 Å². The number of benzene rings is 1. The van der Waals surface area contributed by atoms with E-state index in [1.165, 1.54) is 0 Å². The first-order valence-corrected chi connectivity index (χ1v) is 7.22. The number of ether oxygens (including phenoxy) is 1. The zero-order chi connectivity index (χ0) is 16.5. The average molecular weight is 313 g/mol. The maximum atomic E-state index is 11.8. The van der Waals surface area contributed by atoms with Gasteiger partial charge in [0.25, 0.3) is 0 Å². The van der Waals surface area contributed by atoms with Gasteiger partial charge in [-0.3, -0.25) is 14.6 Å². The highest BCUT2D eigenvalue weighted by Crippen LogP contribution is 2.10. The molecule has 2 rings (SSSR count). The van der Waals surface area contributed by atoms with Gasteiger partial charge in [0, 0.05) is 25.5 Å². The minimum Gasteiger partial charge on any atom is -0.497 e. The summed E-state index contributed by atoms with van der Waals surface area (Å²) < 4.78 is 5.07. The molecular weight excluding hydrogens is 294 g/mol. The Balaban J connectivity index is 1.70. The van der Waals surface area contributed by atoms with Gasteiger partial charge in [-0.2, -0.15) is 0 Å². The normalized spacial score (nSPS) is 9.96. The number of hydrogen-bond donors (Lipinski definition) is 2. The highest BCUT2D eigenvalue weighted by molar-refractivity contribution is 5.96. The molecule has 0 saturated carbocycles. The second kappa shape index (κ2) is 8.53. The second-order valence-electron chi connectivity index (χ2n) is 4.94. The summed E-state index contributed by atoms with van der Waals surface area (Å²) in [5.41, 5.74) is 1.83. The number of pyridine rings is 1. The van der Waals surface area contributed by atoms with Gasteiger partial charge >= 0.3 is 0 Å². The molecule has 0 aliphatic rings. The number of amides is 2. The minimum absolute atomic E-state index is 0.198. The number of hydrogen-bond acceptors (Lipinski definition) is 4. The fourth-order valence-electron chi connectivity index (χ4n) is 1.92. The molecule has 23 heavy (non-hydrogen) atoms. The average Bonchev–Trinajstić information content (AvgIpc) is 2.59. The molecule has 0 saturated heterocycles. The van der Waals surface area contributed by atoms with Crippen LogP contribution in [0.15, 0.2) is 48.8 Å². The minimum atomic E-state index is -0.318. The van der Waals surface area contributed by atoms with Crippen molar-refractivity contribution in [1.29, 1.82) is 0 Å². The molecule has 0 atom stereocenters. The van der Waals surface area contributed by atoms with Gasteiger partial charge in [0.2, 0.25) is 11.8 Å². The van der Waals surface area contributed by atoms with Crippen LogP contribution in [-0.2, 0) is 22.7 Å². The first-order valence-electron chi connectivity index (χ1n) is 7.22. The first kappa shape index (κ1) is 16.5. The third-order valence-corrected chi connectivity index (χ3v) is 3.18. The zero-order valence-electron chi connectivity index (χ0n) is 12.9. The second-order valence-corrected chi connectivity index (χ2v) is 4.94. The quantitative estimate of drug-likeness (QED) is 0.758. The largest absolute Gasteiger partial charge is 0.497 e. The van der Waals surface area contributed by atoms with Crippen molar-refractivity contribution in [1.82, 2.24) is 15.6 Å². The lowest BCUT2D eigenvalue weighted by molar-refractivity contribution is -0.129. The summed E-state index contributed by atoms with van der Waals surface area (Å²) in [7, 11) is 1.60. The summed E-state index contributed by atoms with van der Waals surface area (Å²) in [6.45, 7) is 0.733. The van der Waals surface area contributed by atoms with Crippen LogP contribution in [0.2, 0.25) is 0 Å². The number of nitrogens with zero attached hydrogens (tertiary/aromatic N) is 1. The lowest BCUT2D eigenvalue weighted by Gasteiger charge is -2.07. The van der Waals surface area contributed by atoms with E-state index in [4.69, 9.17) is 4.74 Å². The molecule has 1 aromatic carbocycles. The summed E-state index contributed by atoms with van der Waals surface area (Å²) in [6.07, 6.45) is 3.14. The van der Waals surface area contributed by atoms with E-state index in [1.54, 1.807) is 25.6 Å². The van der Waals surface area contributed by atoms with Gasteiger partial charge in [-0.1, -0.05) is 18.2 Å². The molecule has 0 aliphatic carbocycles. The molecule has 120 valence electrons. The van der Waals surface area contributed by atoms with Crippen LogP contribution >= 0.6 is 0 Å². The molecule has 2 amide bonds. The van der Waals surface area contributed by atoms with E-state index in [2.05, 4.69) is 15.6 Å². The molecule has 2 aromatic rings. The van der Waals surface area contributed by atoms with Crippen molar-refractivity contribution in [3.63, 3.8) is 0 Å². The summed E-state index contributed by atoms with van der Waals surface area (Å²) in [6, 6.07) is 11.0. The number of carbonyl (C=O) groups excluding carboxylic acids is 2. The Hall–Kier alpha value is -2.89. The predicted molar refractivity (Wildman–Crippen MR) is 85.5 cm³/mol. The van der Waals surface area contributed by atoms with Gasteiger partial charge in [0.1, 0.15) is 12.2 Å². The molecule has 6 nitrogen and oxygen atoms in total. The van der Waals surface area contributed by atoms with Gasteiger partial charge in [0.15, 0.2) is 0 Å². The van der Waals surface area contributed by atoms with E-state index in [0.29, 0.717) is 13.1 Å². The van der Waals surface area contributed by atoms with Crippen molar-refractivity contribution >= 4 is 11.8 Å². The van der Waals surface area contributed by atoms with Crippen molar-refractivity contribution in [3.8, 4) is 5.75 Å². The Bertz CT molecular complexity index is 642. The highest BCUT2D eigenvalue weighted by Gasteiger charge is 2.09. The molecule has 0 fully saturated rings. The van der Waals surface area contributed by atoms with Crippen molar-refractivity contribution < 1.29 is 14.3 Å². The van der Waals surface area contributed by atoms with Crippen LogP contribution in [0.1, 0.15) is 17.5 Å². The number of nitrogens with one attached hydrogen (secondary N) is 2. The van der Waals surface area contributed by atoms with Crippen LogP contribution in [0.3, 0.4) is 0 Å². The van der Waals surface area contributed by atoms with Crippen LogP contribution in [0.4, 0.5) is 0 Å². The van der Waals surface area contributed by atoms with E-state index in [9.17, 15) is 9.59 Å². The number of methoxy groups -OCH3 is 1. The van der Waals surface area contributed by atoms with Crippen molar-refractivity contribution in [2.45, 2.75) is 19.5 Å². The standard InChI is InChI=1S/C17H19N3O3/c1-23-15-6-4-13(5-7-15)11-19-16(21)9-17(22)20-12-14-3-2-8-18-10-14/h2-8,10H,9,11-12H2,1H3,(H,19,21)(H,20,22). The Labute approximate surface area is 134 Å². The van der Waals surface area contributed by atoms with Crippen LogP contribution in [0.5, 0.6) is 5.75 Å². The smallest absolute Gasteiger partial charge is 0.229 e. The Morgan fingerprint density at radius 2 is 1.65 bits per heavy atom. The first-order chi connectivity index (χ1) is 11.2. The molecular formula is C17H19N3O3. The molecule has 1 heterocycles. The third kappa shape index (κ3) is 5.78. The Morgan fingerprint density at radius 3 is 2.22 bits per heavy atom. The fourth-order valence-corrected chi connectivity index (χ4v) is 1.92. The van der Waals surface area contributed by atoms with Crippen LogP contribution < -0.4 is 15.4 Å². The van der Waals surface area contributed by atoms with Crippen molar-refractivity contribution in [3.05, 3.63) is 59.9 Å². The van der Waals surface area contributed by atoms with Crippen LogP contribution in [0.25, 0.3) is 0 Å². The highest BCUT2D eigenvalue weighted by atomic mass is 16.5. The topological polar surface area (TPSA) is 80.3 Å². The molecule has 1 aromatic heterocycles. The van der Waals surface area contributed by atoms with Crippen molar-refractivity contribution in [2.75, 3.05) is 7.11 Å². The molecule has 0 radical (unpaired) electrons. The number of rotatable bonds is 7. The third-order valence-electron chi connectivity index (χ3n) is 3.18. The predicted octanol–water partition coefficient (Wildman–Crippen LogP) is 1.41. The summed E-state index contributed by atoms with van der Waals surface area (Å²) in [5.74, 6) is 0.125. The van der Waals surface area contributed by atoms with Gasteiger partial charge < -0.3 is 15.4 Å².